The van der Waals surface area contributed by atoms with Crippen molar-refractivity contribution in [2.75, 3.05) is 5.73 Å². The van der Waals surface area contributed by atoms with E-state index in [9.17, 15) is 0 Å². The molecule has 4 heteroatoms. The maximum absolute atomic E-state index is 8.76. The van der Waals surface area contributed by atoms with Gasteiger partial charge in [-0.25, -0.2) is 0 Å². The molecule has 0 amide bonds. The summed E-state index contributed by atoms with van der Waals surface area (Å²) in [7, 11) is 0. The summed E-state index contributed by atoms with van der Waals surface area (Å²) in [5, 5.41) is 10.6. The molecule has 0 unspecified atom stereocenters. The number of anilines is 1. The minimum Gasteiger partial charge on any atom is -0.391 e. The molecule has 0 saturated carbocycles. The number of benzene rings is 1. The van der Waals surface area contributed by atoms with E-state index in [4.69, 9.17) is 11.0 Å². The topological polar surface area (TPSA) is 49.8 Å². The molecule has 0 saturated heterocycles. The van der Waals surface area contributed by atoms with Crippen molar-refractivity contribution < 1.29 is 0 Å². The first kappa shape index (κ1) is 8.42. The summed E-state index contributed by atoms with van der Waals surface area (Å²) in [6.07, 6.45) is 0. The highest BCUT2D eigenvalue weighted by molar-refractivity contribution is 7.80. The van der Waals surface area contributed by atoms with E-state index in [0.717, 1.165) is 20.0 Å². The number of thiol groups is 1. The van der Waals surface area contributed by atoms with Crippen LogP contribution in [0, 0.1) is 11.3 Å². The molecular formula is C9H6N2S2. The third kappa shape index (κ3) is 1.26. The van der Waals surface area contributed by atoms with Gasteiger partial charge in [0.1, 0.15) is 6.07 Å². The Hall–Kier alpha value is -1.18. The zero-order valence-electron chi connectivity index (χ0n) is 6.61. The summed E-state index contributed by atoms with van der Waals surface area (Å²) in [5.41, 5.74) is 6.25. The molecule has 0 aliphatic rings. The highest BCUT2D eigenvalue weighted by Gasteiger charge is 2.06. The van der Waals surface area contributed by atoms with Crippen LogP contribution in [0.2, 0.25) is 0 Å². The maximum Gasteiger partial charge on any atom is 0.100 e. The number of thiophene rings is 1. The lowest BCUT2D eigenvalue weighted by Gasteiger charge is -1.95. The highest BCUT2D eigenvalue weighted by atomic mass is 32.1. The van der Waals surface area contributed by atoms with E-state index in [1.165, 1.54) is 11.3 Å². The van der Waals surface area contributed by atoms with E-state index in [1.807, 2.05) is 12.1 Å². The van der Waals surface area contributed by atoms with Crippen molar-refractivity contribution in [3.05, 3.63) is 23.8 Å². The number of nitrogens with two attached hydrogens (primary N) is 1. The first-order valence-corrected chi connectivity index (χ1v) is 4.90. The Bertz CT molecular complexity index is 508. The van der Waals surface area contributed by atoms with Gasteiger partial charge in [0.15, 0.2) is 0 Å². The third-order valence-electron chi connectivity index (χ3n) is 1.80. The van der Waals surface area contributed by atoms with Crippen molar-refractivity contribution in [1.82, 2.24) is 0 Å². The van der Waals surface area contributed by atoms with Crippen LogP contribution < -0.4 is 5.73 Å². The molecule has 0 spiro atoms. The summed E-state index contributed by atoms with van der Waals surface area (Å²) < 4.78 is 0.986. The zero-order valence-corrected chi connectivity index (χ0v) is 8.32. The number of hydrogen-bond donors (Lipinski definition) is 2. The highest BCUT2D eigenvalue weighted by Crippen LogP contribution is 2.33. The third-order valence-corrected chi connectivity index (χ3v) is 3.41. The Morgan fingerprint density at radius 3 is 2.92 bits per heavy atom. The molecular weight excluding hydrogens is 200 g/mol. The monoisotopic (exact) mass is 206 g/mol. The minimum absolute atomic E-state index is 0.595. The number of hydrogen-bond acceptors (Lipinski definition) is 4. The fraction of sp³-hybridized carbons (Fsp3) is 0. The molecule has 2 aromatic rings. The van der Waals surface area contributed by atoms with E-state index >= 15 is 0 Å². The number of nitriles is 1. The molecule has 2 N–H and O–H groups in total. The van der Waals surface area contributed by atoms with Crippen molar-refractivity contribution in [3.8, 4) is 6.07 Å². The second-order valence-electron chi connectivity index (χ2n) is 2.64. The summed E-state index contributed by atoms with van der Waals surface area (Å²) >= 11 is 5.75. The smallest absolute Gasteiger partial charge is 0.100 e. The average Bonchev–Trinajstić information content (AvgIpc) is 2.47. The molecule has 0 atom stereocenters. The molecule has 0 aliphatic carbocycles. The Morgan fingerprint density at radius 2 is 2.23 bits per heavy atom. The zero-order chi connectivity index (χ0) is 9.42. The molecule has 2 nitrogen and oxygen atoms in total. The van der Waals surface area contributed by atoms with E-state index < -0.39 is 0 Å². The van der Waals surface area contributed by atoms with Crippen molar-refractivity contribution in [3.63, 3.8) is 0 Å². The normalized spacial score (nSPS) is 10.2. The molecule has 1 aromatic carbocycles. The first-order chi connectivity index (χ1) is 6.22. The van der Waals surface area contributed by atoms with Crippen LogP contribution in [0.15, 0.2) is 23.1 Å². The summed E-state index contributed by atoms with van der Waals surface area (Å²) in [5.74, 6) is 0. The number of nitrogens with zero attached hydrogens (tertiary/aromatic N) is 1. The van der Waals surface area contributed by atoms with Gasteiger partial charge in [0.25, 0.3) is 0 Å². The number of nitrogen functional groups attached to an aromatic ring is 1. The minimum atomic E-state index is 0.595. The predicted octanol–water partition coefficient (Wildman–Crippen LogP) is 2.64. The quantitative estimate of drug-likeness (QED) is 0.651. The fourth-order valence-electron chi connectivity index (χ4n) is 1.20. The van der Waals surface area contributed by atoms with Crippen LogP contribution in [-0.4, -0.2) is 0 Å². The summed E-state index contributed by atoms with van der Waals surface area (Å²) in [4.78, 5) is 0.724. The Morgan fingerprint density at radius 1 is 1.46 bits per heavy atom. The molecule has 2 rings (SSSR count). The fourth-order valence-corrected chi connectivity index (χ4v) is 2.46. The number of fused-ring (bicyclic) bond motifs is 1. The van der Waals surface area contributed by atoms with Gasteiger partial charge < -0.3 is 5.73 Å². The molecule has 1 heterocycles. The SMILES string of the molecule is N#Cc1ccc2cc(N)sc2c1S. The van der Waals surface area contributed by atoms with Crippen LogP contribution in [-0.2, 0) is 0 Å². The van der Waals surface area contributed by atoms with Gasteiger partial charge in [-0.15, -0.1) is 24.0 Å². The Balaban J connectivity index is 2.87. The van der Waals surface area contributed by atoms with Crippen LogP contribution >= 0.6 is 24.0 Å². The first-order valence-electron chi connectivity index (χ1n) is 3.63. The molecule has 0 fully saturated rings. The van der Waals surface area contributed by atoms with Gasteiger partial charge in [-0.1, -0.05) is 6.07 Å². The van der Waals surface area contributed by atoms with Crippen molar-refractivity contribution >= 4 is 39.1 Å². The standard InChI is InChI=1S/C9H6N2S2/c10-4-6-2-1-5-3-7(11)13-9(5)8(6)12/h1-3,12H,11H2. The van der Waals surface area contributed by atoms with E-state index in [-0.39, 0.29) is 0 Å². The largest absolute Gasteiger partial charge is 0.391 e. The molecule has 0 radical (unpaired) electrons. The van der Waals surface area contributed by atoms with Crippen molar-refractivity contribution in [1.29, 1.82) is 5.26 Å². The molecule has 64 valence electrons. The van der Waals surface area contributed by atoms with Gasteiger partial charge in [-0.2, -0.15) is 5.26 Å². The lowest BCUT2D eigenvalue weighted by Crippen LogP contribution is -1.76. The van der Waals surface area contributed by atoms with Crippen LogP contribution in [0.3, 0.4) is 0 Å². The van der Waals surface area contributed by atoms with Gasteiger partial charge in [-0.05, 0) is 17.5 Å². The van der Waals surface area contributed by atoms with E-state index in [0.29, 0.717) is 5.56 Å². The Kier molecular flexibility index (Phi) is 1.91. The Labute approximate surface area is 85.0 Å². The molecule has 1 aromatic heterocycles. The lowest BCUT2D eigenvalue weighted by atomic mass is 10.2. The summed E-state index contributed by atoms with van der Waals surface area (Å²) in [6.45, 7) is 0. The molecule has 0 aliphatic heterocycles. The maximum atomic E-state index is 8.76. The van der Waals surface area contributed by atoms with Gasteiger partial charge in [0.05, 0.1) is 15.3 Å². The van der Waals surface area contributed by atoms with Crippen molar-refractivity contribution in [2.24, 2.45) is 0 Å². The van der Waals surface area contributed by atoms with Gasteiger partial charge >= 0.3 is 0 Å². The second-order valence-corrected chi connectivity index (χ2v) is 4.17. The summed E-state index contributed by atoms with van der Waals surface area (Å²) in [6, 6.07) is 7.63. The van der Waals surface area contributed by atoms with Gasteiger partial charge in [0, 0.05) is 4.90 Å². The van der Waals surface area contributed by atoms with Gasteiger partial charge in [0.2, 0.25) is 0 Å². The van der Waals surface area contributed by atoms with Crippen LogP contribution in [0.4, 0.5) is 5.00 Å². The lowest BCUT2D eigenvalue weighted by molar-refractivity contribution is 1.43. The van der Waals surface area contributed by atoms with Crippen molar-refractivity contribution in [2.45, 2.75) is 4.90 Å². The number of rotatable bonds is 0. The predicted molar refractivity (Wildman–Crippen MR) is 58.2 cm³/mol. The van der Waals surface area contributed by atoms with Gasteiger partial charge in [-0.3, -0.25) is 0 Å². The average molecular weight is 206 g/mol. The van der Waals surface area contributed by atoms with Crippen LogP contribution in [0.5, 0.6) is 0 Å². The molecule has 13 heavy (non-hydrogen) atoms. The van der Waals surface area contributed by atoms with E-state index in [2.05, 4.69) is 18.7 Å². The van der Waals surface area contributed by atoms with Crippen LogP contribution in [0.1, 0.15) is 5.56 Å². The molecule has 0 bridgehead atoms. The van der Waals surface area contributed by atoms with E-state index in [1.54, 1.807) is 6.07 Å². The second kappa shape index (κ2) is 2.95. The van der Waals surface area contributed by atoms with Crippen LogP contribution in [0.25, 0.3) is 10.1 Å².